The van der Waals surface area contributed by atoms with Gasteiger partial charge in [0.2, 0.25) is 0 Å². The van der Waals surface area contributed by atoms with Gasteiger partial charge >= 0.3 is 5.97 Å². The fourth-order valence-electron chi connectivity index (χ4n) is 4.50. The van der Waals surface area contributed by atoms with Crippen LogP contribution in [-0.4, -0.2) is 24.1 Å². The lowest BCUT2D eigenvalue weighted by molar-refractivity contribution is -0.143. The van der Waals surface area contributed by atoms with Crippen LogP contribution in [0.15, 0.2) is 0 Å². The maximum Gasteiger partial charge on any atom is 0.306 e. The molecule has 0 saturated heterocycles. The van der Waals surface area contributed by atoms with Gasteiger partial charge in [0.25, 0.3) is 0 Å². The third-order valence-corrected chi connectivity index (χ3v) is 7.92. The van der Waals surface area contributed by atoms with Gasteiger partial charge < -0.3 is 4.74 Å². The third-order valence-electron chi connectivity index (χ3n) is 6.85. The van der Waals surface area contributed by atoms with Crippen LogP contribution in [0.4, 0.5) is 0 Å². The van der Waals surface area contributed by atoms with Crippen LogP contribution in [0, 0.1) is 0 Å². The minimum absolute atomic E-state index is 0.00458. The molecule has 0 aliphatic rings. The highest BCUT2D eigenvalue weighted by Gasteiger charge is 2.03. The minimum atomic E-state index is 0.00458. The molecule has 0 saturated carbocycles. The second-order valence-electron chi connectivity index (χ2n) is 10.4. The molecule has 2 nitrogen and oxygen atoms in total. The van der Waals surface area contributed by atoms with E-state index in [1.165, 1.54) is 153 Å². The molecule has 0 rings (SSSR count). The molecule has 204 valence electrons. The molecule has 34 heavy (non-hydrogen) atoms. The van der Waals surface area contributed by atoms with Crippen LogP contribution in [-0.2, 0) is 9.53 Å². The Bertz CT molecular complexity index is 386. The fourth-order valence-corrected chi connectivity index (χ4v) is 5.43. The number of hydrogen-bond donors (Lipinski definition) is 0. The van der Waals surface area contributed by atoms with Crippen molar-refractivity contribution < 1.29 is 9.53 Å². The Labute approximate surface area is 219 Å². The predicted octanol–water partition coefficient (Wildman–Crippen LogP) is 11.1. The quantitative estimate of drug-likeness (QED) is 0.0757. The minimum Gasteiger partial charge on any atom is -0.466 e. The maximum atomic E-state index is 11.8. The van der Waals surface area contributed by atoms with Crippen molar-refractivity contribution in [2.75, 3.05) is 18.1 Å². The summed E-state index contributed by atoms with van der Waals surface area (Å²) in [4.78, 5) is 11.8. The Hall–Kier alpha value is -0.180. The molecule has 0 radical (unpaired) electrons. The Balaban J connectivity index is 3.13. The summed E-state index contributed by atoms with van der Waals surface area (Å²) in [5, 5.41) is 0. The zero-order chi connectivity index (χ0) is 24.8. The molecule has 0 atom stereocenters. The summed E-state index contributed by atoms with van der Waals surface area (Å²) in [6, 6.07) is 0. The Kier molecular flexibility index (Phi) is 30.7. The van der Waals surface area contributed by atoms with Crippen molar-refractivity contribution in [3.05, 3.63) is 0 Å². The highest BCUT2D eigenvalue weighted by atomic mass is 32.2. The van der Waals surface area contributed by atoms with Crippen molar-refractivity contribution in [3.8, 4) is 0 Å². The summed E-state index contributed by atoms with van der Waals surface area (Å²) in [6.07, 6.45) is 33.5. The average molecular weight is 499 g/mol. The number of rotatable bonds is 29. The molecule has 0 aliphatic heterocycles. The summed E-state index contributed by atoms with van der Waals surface area (Å²) in [5.74, 6) is 2.13. The monoisotopic (exact) mass is 498 g/mol. The van der Waals surface area contributed by atoms with Crippen LogP contribution in [0.5, 0.6) is 0 Å². The first-order valence-corrected chi connectivity index (χ1v) is 16.7. The molecule has 0 aromatic carbocycles. The summed E-state index contributed by atoms with van der Waals surface area (Å²) in [6.45, 7) is 5.19. The van der Waals surface area contributed by atoms with Gasteiger partial charge in [-0.15, -0.1) is 0 Å². The molecular weight excluding hydrogens is 436 g/mol. The van der Waals surface area contributed by atoms with Crippen LogP contribution in [0.2, 0.25) is 0 Å². The maximum absolute atomic E-state index is 11.8. The first-order chi connectivity index (χ1) is 16.8. The molecule has 0 fully saturated rings. The number of thioether (sulfide) groups is 1. The molecule has 0 aromatic rings. The number of hydrogen-bond acceptors (Lipinski definition) is 3. The predicted molar refractivity (Wildman–Crippen MR) is 155 cm³/mol. The first kappa shape index (κ1) is 33.8. The van der Waals surface area contributed by atoms with Crippen molar-refractivity contribution >= 4 is 17.7 Å². The van der Waals surface area contributed by atoms with Crippen molar-refractivity contribution in [1.82, 2.24) is 0 Å². The van der Waals surface area contributed by atoms with E-state index in [-0.39, 0.29) is 5.97 Å². The molecule has 0 heterocycles. The van der Waals surface area contributed by atoms with Gasteiger partial charge in [-0.3, -0.25) is 4.79 Å². The van der Waals surface area contributed by atoms with E-state index in [4.69, 9.17) is 4.74 Å². The molecule has 0 spiro atoms. The molecular formula is C31H62O2S. The largest absolute Gasteiger partial charge is 0.466 e. The fraction of sp³-hybridized carbons (Fsp3) is 0.968. The van der Waals surface area contributed by atoms with Gasteiger partial charge in [-0.05, 0) is 18.6 Å². The van der Waals surface area contributed by atoms with Crippen LogP contribution in [0.25, 0.3) is 0 Å². The van der Waals surface area contributed by atoms with Gasteiger partial charge in [0.1, 0.15) is 0 Å². The highest BCUT2D eigenvalue weighted by molar-refractivity contribution is 7.99. The van der Waals surface area contributed by atoms with E-state index < -0.39 is 0 Å². The van der Waals surface area contributed by atoms with Gasteiger partial charge in [0, 0.05) is 5.75 Å². The van der Waals surface area contributed by atoms with E-state index >= 15 is 0 Å². The summed E-state index contributed by atoms with van der Waals surface area (Å²) in [7, 11) is 0. The van der Waals surface area contributed by atoms with Crippen LogP contribution in [0.1, 0.15) is 174 Å². The first-order valence-electron chi connectivity index (χ1n) is 15.5. The van der Waals surface area contributed by atoms with Crippen LogP contribution >= 0.6 is 11.8 Å². The van der Waals surface area contributed by atoms with Crippen LogP contribution in [0.3, 0.4) is 0 Å². The highest BCUT2D eigenvalue weighted by Crippen LogP contribution is 2.14. The van der Waals surface area contributed by atoms with Gasteiger partial charge in [0.15, 0.2) is 0 Å². The lowest BCUT2D eigenvalue weighted by Crippen LogP contribution is -2.07. The van der Waals surface area contributed by atoms with E-state index in [0.29, 0.717) is 13.0 Å². The van der Waals surface area contributed by atoms with Crippen molar-refractivity contribution in [1.29, 1.82) is 0 Å². The van der Waals surface area contributed by atoms with Crippen molar-refractivity contribution in [3.63, 3.8) is 0 Å². The van der Waals surface area contributed by atoms with Crippen LogP contribution < -0.4 is 0 Å². The molecule has 0 aromatic heterocycles. The average Bonchev–Trinajstić information content (AvgIpc) is 2.84. The number of carbonyl (C=O) groups excluding carboxylic acids is 1. The smallest absolute Gasteiger partial charge is 0.306 e. The number of unbranched alkanes of at least 4 members (excludes halogenated alkanes) is 22. The van der Waals surface area contributed by atoms with Crippen molar-refractivity contribution in [2.24, 2.45) is 0 Å². The van der Waals surface area contributed by atoms with E-state index in [1.54, 1.807) is 0 Å². The Morgan fingerprint density at radius 2 is 0.824 bits per heavy atom. The standard InChI is InChI=1S/C31H62O2S/c1-3-5-7-9-11-13-15-16-18-20-22-24-26-29-34-30-27-31(32)33-28-25-23-21-19-17-14-12-10-8-6-4-2/h3-30H2,1-2H3. The molecule has 0 amide bonds. The normalized spacial score (nSPS) is 11.2. The van der Waals surface area contributed by atoms with E-state index in [9.17, 15) is 4.79 Å². The lowest BCUT2D eigenvalue weighted by atomic mass is 10.1. The van der Waals surface area contributed by atoms with Gasteiger partial charge in [-0.2, -0.15) is 11.8 Å². The number of esters is 1. The van der Waals surface area contributed by atoms with E-state index in [1.807, 2.05) is 11.8 Å². The molecule has 0 N–H and O–H groups in total. The second kappa shape index (κ2) is 30.9. The molecule has 0 bridgehead atoms. The number of carbonyl (C=O) groups is 1. The molecule has 3 heteroatoms. The van der Waals surface area contributed by atoms with Gasteiger partial charge in [-0.25, -0.2) is 0 Å². The summed E-state index contributed by atoms with van der Waals surface area (Å²) in [5.41, 5.74) is 0. The second-order valence-corrected chi connectivity index (χ2v) is 11.6. The summed E-state index contributed by atoms with van der Waals surface area (Å²) >= 11 is 1.92. The van der Waals surface area contributed by atoms with Gasteiger partial charge in [0.05, 0.1) is 13.0 Å². The lowest BCUT2D eigenvalue weighted by Gasteiger charge is -2.06. The Morgan fingerprint density at radius 1 is 0.471 bits per heavy atom. The zero-order valence-electron chi connectivity index (χ0n) is 23.5. The Morgan fingerprint density at radius 3 is 1.24 bits per heavy atom. The third kappa shape index (κ3) is 29.9. The van der Waals surface area contributed by atoms with Crippen molar-refractivity contribution in [2.45, 2.75) is 174 Å². The number of ether oxygens (including phenoxy) is 1. The molecule has 0 aliphatic carbocycles. The van der Waals surface area contributed by atoms with E-state index in [2.05, 4.69) is 13.8 Å². The molecule has 0 unspecified atom stereocenters. The summed E-state index contributed by atoms with van der Waals surface area (Å²) < 4.78 is 5.40. The van der Waals surface area contributed by atoms with E-state index in [0.717, 1.165) is 12.2 Å². The zero-order valence-corrected chi connectivity index (χ0v) is 24.3. The van der Waals surface area contributed by atoms with Gasteiger partial charge in [-0.1, -0.05) is 155 Å². The topological polar surface area (TPSA) is 26.3 Å². The SMILES string of the molecule is CCCCCCCCCCCCCCCSCCC(=O)OCCCCCCCCCCCCC.